The smallest absolute Gasteiger partial charge is 0.410 e. The number of likely N-dealkylation sites (tertiary alicyclic amines) is 1. The predicted octanol–water partition coefficient (Wildman–Crippen LogP) is 8.06. The highest BCUT2D eigenvalue weighted by Gasteiger charge is 2.35. The second-order valence-corrected chi connectivity index (χ2v) is 14.1. The normalized spacial score (nSPS) is 14.2. The van der Waals surface area contributed by atoms with E-state index in [9.17, 15) is 14.4 Å². The Kier molecular flexibility index (Phi) is 12.5. The summed E-state index contributed by atoms with van der Waals surface area (Å²) in [7, 11) is 1.25. The summed E-state index contributed by atoms with van der Waals surface area (Å²) in [5, 5.41) is 7.40. The summed E-state index contributed by atoms with van der Waals surface area (Å²) >= 11 is 0. The number of benzene rings is 3. The van der Waals surface area contributed by atoms with Crippen LogP contribution in [0.5, 0.6) is 0 Å². The molecule has 3 amide bonds. The highest BCUT2D eigenvalue weighted by Crippen LogP contribution is 2.34. The SMILES string of the molecule is CCC.COC(=O)NCC(=O)NCCCCc1ncc(-c2ccc3cc(-c4ccc5nc(C6CCCN6C(=O)OC(C)(C)C)[nH]c5c4)ccc3c2)[nH]1. The third-order valence-electron chi connectivity index (χ3n) is 8.55. The van der Waals surface area contributed by atoms with E-state index in [1.807, 2.05) is 33.0 Å². The van der Waals surface area contributed by atoms with Crippen LogP contribution in [0.3, 0.4) is 0 Å². The van der Waals surface area contributed by atoms with Crippen LogP contribution >= 0.6 is 0 Å². The van der Waals surface area contributed by atoms with Gasteiger partial charge in [0.25, 0.3) is 0 Å². The number of carbonyl (C=O) groups excluding carboxylic acids is 3. The molecule has 276 valence electrons. The average Bonchev–Trinajstić information content (AvgIpc) is 3.89. The maximum Gasteiger partial charge on any atom is 0.410 e. The molecule has 0 radical (unpaired) electrons. The molecule has 1 fully saturated rings. The molecule has 5 aromatic rings. The Labute approximate surface area is 305 Å². The molecular weight excluding hydrogens is 658 g/mol. The molecule has 1 saturated heterocycles. The number of nitrogens with one attached hydrogen (secondary N) is 4. The molecule has 2 aromatic heterocycles. The van der Waals surface area contributed by atoms with Crippen molar-refractivity contribution in [2.45, 2.75) is 84.8 Å². The van der Waals surface area contributed by atoms with Crippen molar-refractivity contribution in [1.29, 1.82) is 0 Å². The van der Waals surface area contributed by atoms with Gasteiger partial charge in [-0.15, -0.1) is 0 Å². The first kappa shape index (κ1) is 37.9. The van der Waals surface area contributed by atoms with Gasteiger partial charge in [-0.1, -0.05) is 50.6 Å². The molecule has 12 nitrogen and oxygen atoms in total. The van der Waals surface area contributed by atoms with E-state index in [-0.39, 0.29) is 24.6 Å². The number of ether oxygens (including phenoxy) is 2. The number of fused-ring (bicyclic) bond motifs is 2. The second kappa shape index (κ2) is 17.2. The lowest BCUT2D eigenvalue weighted by Gasteiger charge is -2.27. The zero-order valence-corrected chi connectivity index (χ0v) is 31.1. The third-order valence-corrected chi connectivity index (χ3v) is 8.55. The van der Waals surface area contributed by atoms with Gasteiger partial charge in [-0.3, -0.25) is 9.69 Å². The summed E-state index contributed by atoms with van der Waals surface area (Å²) in [6.07, 6.45) is 6.35. The molecular formula is C40H51N7O5. The Bertz CT molecular complexity index is 1990. The van der Waals surface area contributed by atoms with E-state index < -0.39 is 11.7 Å². The summed E-state index contributed by atoms with van der Waals surface area (Å²) in [4.78, 5) is 53.8. The van der Waals surface area contributed by atoms with Crippen molar-refractivity contribution in [2.24, 2.45) is 0 Å². The van der Waals surface area contributed by atoms with Gasteiger partial charge in [-0.05, 0) is 92.6 Å². The Hall–Kier alpha value is -5.39. The van der Waals surface area contributed by atoms with Gasteiger partial charge in [0.05, 0.1) is 42.6 Å². The zero-order chi connectivity index (χ0) is 37.3. The molecule has 0 bridgehead atoms. The first-order valence-electron chi connectivity index (χ1n) is 18.1. The molecule has 1 aliphatic rings. The Morgan fingerprint density at radius 1 is 0.923 bits per heavy atom. The number of aromatic amines is 2. The minimum Gasteiger partial charge on any atom is -0.453 e. The number of methoxy groups -OCH3 is 1. The summed E-state index contributed by atoms with van der Waals surface area (Å²) in [5.41, 5.74) is 5.46. The lowest BCUT2D eigenvalue weighted by atomic mass is 9.99. The summed E-state index contributed by atoms with van der Waals surface area (Å²) < 4.78 is 10.1. The molecule has 0 saturated carbocycles. The highest BCUT2D eigenvalue weighted by molar-refractivity contribution is 5.92. The summed E-state index contributed by atoms with van der Waals surface area (Å²) in [6.45, 7) is 11.0. The van der Waals surface area contributed by atoms with Crippen LogP contribution in [-0.4, -0.2) is 75.3 Å². The van der Waals surface area contributed by atoms with E-state index in [2.05, 4.69) is 92.7 Å². The molecule has 52 heavy (non-hydrogen) atoms. The first-order valence-corrected chi connectivity index (χ1v) is 18.1. The number of alkyl carbamates (subject to hydrolysis) is 1. The maximum absolute atomic E-state index is 12.9. The fourth-order valence-corrected chi connectivity index (χ4v) is 6.12. The number of hydrogen-bond donors (Lipinski definition) is 4. The van der Waals surface area contributed by atoms with Crippen LogP contribution in [0.1, 0.15) is 84.4 Å². The van der Waals surface area contributed by atoms with Gasteiger partial charge in [-0.25, -0.2) is 19.6 Å². The van der Waals surface area contributed by atoms with Crippen LogP contribution in [-0.2, 0) is 20.7 Å². The van der Waals surface area contributed by atoms with Gasteiger partial charge in [0.2, 0.25) is 5.91 Å². The summed E-state index contributed by atoms with van der Waals surface area (Å²) in [6, 6.07) is 19.0. The Morgan fingerprint density at radius 2 is 1.62 bits per heavy atom. The van der Waals surface area contributed by atoms with Crippen molar-refractivity contribution in [3.63, 3.8) is 0 Å². The van der Waals surface area contributed by atoms with E-state index in [0.717, 1.165) is 87.9 Å². The third kappa shape index (κ3) is 9.89. The van der Waals surface area contributed by atoms with Gasteiger partial charge in [-0.2, -0.15) is 0 Å². The molecule has 3 heterocycles. The fraction of sp³-hybridized carbons (Fsp3) is 0.425. The van der Waals surface area contributed by atoms with E-state index in [0.29, 0.717) is 13.1 Å². The summed E-state index contributed by atoms with van der Waals surface area (Å²) in [5.74, 6) is 1.43. The van der Waals surface area contributed by atoms with Crippen molar-refractivity contribution in [3.05, 3.63) is 72.4 Å². The van der Waals surface area contributed by atoms with Crippen LogP contribution < -0.4 is 10.6 Å². The van der Waals surface area contributed by atoms with Crippen LogP contribution in [0.4, 0.5) is 9.59 Å². The first-order chi connectivity index (χ1) is 25.0. The molecule has 1 unspecified atom stereocenters. The van der Waals surface area contributed by atoms with E-state index in [1.54, 1.807) is 4.90 Å². The largest absolute Gasteiger partial charge is 0.453 e. The predicted molar refractivity (Wildman–Crippen MR) is 204 cm³/mol. The molecule has 12 heteroatoms. The monoisotopic (exact) mass is 709 g/mol. The number of aromatic nitrogens is 4. The topological polar surface area (TPSA) is 154 Å². The minimum atomic E-state index is -0.631. The second-order valence-electron chi connectivity index (χ2n) is 14.1. The van der Waals surface area contributed by atoms with Gasteiger partial charge >= 0.3 is 12.2 Å². The van der Waals surface area contributed by atoms with Gasteiger partial charge in [0, 0.05) is 25.1 Å². The van der Waals surface area contributed by atoms with Gasteiger partial charge < -0.3 is 30.1 Å². The number of H-pyrrole nitrogens is 2. The zero-order valence-electron chi connectivity index (χ0n) is 31.1. The number of carbonyl (C=O) groups is 3. The molecule has 3 aromatic carbocycles. The Morgan fingerprint density at radius 3 is 2.35 bits per heavy atom. The highest BCUT2D eigenvalue weighted by atomic mass is 16.6. The lowest BCUT2D eigenvalue weighted by Crippen LogP contribution is -2.37. The Balaban J connectivity index is 0.00000168. The number of amides is 3. The van der Waals surface area contributed by atoms with Gasteiger partial charge in [0.15, 0.2) is 0 Å². The van der Waals surface area contributed by atoms with Crippen LogP contribution in [0.2, 0.25) is 0 Å². The number of aryl methyl sites for hydroxylation is 1. The molecule has 4 N–H and O–H groups in total. The quantitative estimate of drug-likeness (QED) is 0.107. The van der Waals surface area contributed by atoms with Crippen LogP contribution in [0.15, 0.2) is 60.8 Å². The fourth-order valence-electron chi connectivity index (χ4n) is 6.12. The molecule has 1 aliphatic heterocycles. The number of nitrogens with zero attached hydrogens (tertiary/aromatic N) is 3. The van der Waals surface area contributed by atoms with Crippen molar-refractivity contribution in [1.82, 2.24) is 35.5 Å². The maximum atomic E-state index is 12.9. The van der Waals surface area contributed by atoms with Crippen molar-refractivity contribution < 1.29 is 23.9 Å². The van der Waals surface area contributed by atoms with Crippen LogP contribution in [0, 0.1) is 0 Å². The molecule has 0 aliphatic carbocycles. The van der Waals surface area contributed by atoms with Crippen molar-refractivity contribution in [2.75, 3.05) is 26.7 Å². The van der Waals surface area contributed by atoms with Crippen molar-refractivity contribution >= 4 is 39.9 Å². The number of rotatable bonds is 10. The molecule has 1 atom stereocenters. The number of hydrogen-bond acceptors (Lipinski definition) is 7. The lowest BCUT2D eigenvalue weighted by molar-refractivity contribution is -0.120. The van der Waals surface area contributed by atoms with Gasteiger partial charge in [0.1, 0.15) is 17.2 Å². The van der Waals surface area contributed by atoms with E-state index in [1.165, 1.54) is 13.5 Å². The van der Waals surface area contributed by atoms with E-state index in [4.69, 9.17) is 9.72 Å². The standard InChI is InChI=1S/C37H43N7O5.C3H8/c1-37(2,3)49-36(47)44-17-7-8-31(44)34-42-28-15-14-26(20-29(28)43-34)24-10-11-25-19-27(13-12-23(25)18-24)30-21-39-32(41-30)9-5-6-16-38-33(45)22-40-35(46)48-4;1-3-2/h10-15,18-21,31H,5-9,16-17,22H2,1-4H3,(H,38,45)(H,39,41)(H,40,46)(H,42,43);3H2,1-2H3. The van der Waals surface area contributed by atoms with Crippen LogP contribution in [0.25, 0.3) is 44.2 Å². The molecule has 0 spiro atoms. The number of unbranched alkanes of at least 4 members (excludes halogenated alkanes) is 1. The average molecular weight is 710 g/mol. The number of imidazole rings is 2. The van der Waals surface area contributed by atoms with E-state index >= 15 is 0 Å². The molecule has 6 rings (SSSR count). The minimum absolute atomic E-state index is 0.109. The van der Waals surface area contributed by atoms with Crippen molar-refractivity contribution in [3.8, 4) is 22.4 Å².